The van der Waals surface area contributed by atoms with E-state index in [0.29, 0.717) is 6.61 Å². The highest BCUT2D eigenvalue weighted by Gasteiger charge is 2.10. The number of benzene rings is 2. The molecule has 0 saturated heterocycles. The average molecular weight is 266 g/mol. The Balaban J connectivity index is 1.72. The first kappa shape index (κ1) is 13.2. The zero-order chi connectivity index (χ0) is 13.9. The molecule has 104 valence electrons. The Morgan fingerprint density at radius 3 is 2.50 bits per heavy atom. The third-order valence-corrected chi connectivity index (χ3v) is 4.21. The molecular weight excluding hydrogens is 244 g/mol. The van der Waals surface area contributed by atoms with Crippen LogP contribution in [0.2, 0.25) is 0 Å². The second kappa shape index (κ2) is 5.70. The topological polar surface area (TPSA) is 9.23 Å². The molecule has 2 aromatic rings. The number of ether oxygens (including phenoxy) is 1. The van der Waals surface area contributed by atoms with Crippen LogP contribution in [0.25, 0.3) is 0 Å². The zero-order valence-electron chi connectivity index (χ0n) is 12.4. The first-order valence-electron chi connectivity index (χ1n) is 7.53. The van der Waals surface area contributed by atoms with Crippen molar-refractivity contribution in [1.82, 2.24) is 0 Å². The Morgan fingerprint density at radius 2 is 1.70 bits per heavy atom. The Morgan fingerprint density at radius 1 is 0.900 bits per heavy atom. The number of hydrogen-bond acceptors (Lipinski definition) is 1. The van der Waals surface area contributed by atoms with Crippen molar-refractivity contribution < 1.29 is 4.74 Å². The fourth-order valence-electron chi connectivity index (χ4n) is 2.97. The van der Waals surface area contributed by atoms with Crippen LogP contribution in [-0.2, 0) is 19.4 Å². The molecule has 1 nitrogen and oxygen atoms in total. The normalized spacial score (nSPS) is 13.9. The van der Waals surface area contributed by atoms with Crippen LogP contribution in [0.3, 0.4) is 0 Å². The summed E-state index contributed by atoms with van der Waals surface area (Å²) in [5, 5.41) is 0. The van der Waals surface area contributed by atoms with E-state index in [-0.39, 0.29) is 0 Å². The average Bonchev–Trinajstić information content (AvgIpc) is 2.46. The quantitative estimate of drug-likeness (QED) is 0.778. The molecule has 1 heteroatoms. The molecule has 0 radical (unpaired) electrons. The molecule has 0 heterocycles. The van der Waals surface area contributed by atoms with Crippen LogP contribution < -0.4 is 4.74 Å². The molecule has 0 saturated carbocycles. The first-order valence-corrected chi connectivity index (χ1v) is 7.53. The number of aryl methyl sites for hydroxylation is 4. The van der Waals surface area contributed by atoms with E-state index in [1.54, 1.807) is 0 Å². The number of fused-ring (bicyclic) bond motifs is 1. The smallest absolute Gasteiger partial charge is 0.120 e. The van der Waals surface area contributed by atoms with Crippen LogP contribution in [0.5, 0.6) is 5.75 Å². The van der Waals surface area contributed by atoms with Gasteiger partial charge in [0.15, 0.2) is 0 Å². The van der Waals surface area contributed by atoms with Crippen molar-refractivity contribution in [3.63, 3.8) is 0 Å². The van der Waals surface area contributed by atoms with Crippen molar-refractivity contribution in [1.29, 1.82) is 0 Å². The van der Waals surface area contributed by atoms with Gasteiger partial charge in [-0.25, -0.2) is 0 Å². The predicted molar refractivity (Wildman–Crippen MR) is 83.3 cm³/mol. The van der Waals surface area contributed by atoms with Gasteiger partial charge in [0.1, 0.15) is 12.4 Å². The molecule has 0 atom stereocenters. The fourth-order valence-corrected chi connectivity index (χ4v) is 2.97. The summed E-state index contributed by atoms with van der Waals surface area (Å²) in [6, 6.07) is 13.1. The molecular formula is C19H22O. The summed E-state index contributed by atoms with van der Waals surface area (Å²) in [6.07, 6.45) is 5.08. The maximum absolute atomic E-state index is 5.98. The summed E-state index contributed by atoms with van der Waals surface area (Å²) in [4.78, 5) is 0. The molecule has 0 amide bonds. The van der Waals surface area contributed by atoms with E-state index < -0.39 is 0 Å². The molecule has 1 aliphatic rings. The molecule has 0 spiro atoms. The maximum atomic E-state index is 5.98. The fraction of sp³-hybridized carbons (Fsp3) is 0.368. The van der Waals surface area contributed by atoms with Gasteiger partial charge in [-0.2, -0.15) is 0 Å². The first-order chi connectivity index (χ1) is 9.72. The highest BCUT2D eigenvalue weighted by atomic mass is 16.5. The highest BCUT2D eigenvalue weighted by molar-refractivity contribution is 5.37. The Labute approximate surface area is 121 Å². The van der Waals surface area contributed by atoms with Crippen molar-refractivity contribution in [2.24, 2.45) is 0 Å². The largest absolute Gasteiger partial charge is 0.489 e. The van der Waals surface area contributed by atoms with E-state index in [9.17, 15) is 0 Å². The van der Waals surface area contributed by atoms with Gasteiger partial charge in [-0.3, -0.25) is 0 Å². The summed E-state index contributed by atoms with van der Waals surface area (Å²) in [6.45, 7) is 4.94. The van der Waals surface area contributed by atoms with Crippen molar-refractivity contribution in [2.45, 2.75) is 46.1 Å². The van der Waals surface area contributed by atoms with E-state index >= 15 is 0 Å². The van der Waals surface area contributed by atoms with Gasteiger partial charge >= 0.3 is 0 Å². The summed E-state index contributed by atoms with van der Waals surface area (Å²) >= 11 is 0. The van der Waals surface area contributed by atoms with E-state index in [1.807, 2.05) is 0 Å². The SMILES string of the molecule is Cc1ccc(COc2ccc3c(c2)CCCC3)c(C)c1. The lowest BCUT2D eigenvalue weighted by Crippen LogP contribution is -2.04. The second-order valence-electron chi connectivity index (χ2n) is 5.86. The molecule has 0 bridgehead atoms. The van der Waals surface area contributed by atoms with Crippen LogP contribution in [0, 0.1) is 13.8 Å². The Hall–Kier alpha value is -1.76. The highest BCUT2D eigenvalue weighted by Crippen LogP contribution is 2.26. The lowest BCUT2D eigenvalue weighted by molar-refractivity contribution is 0.305. The van der Waals surface area contributed by atoms with Crippen molar-refractivity contribution >= 4 is 0 Å². The van der Waals surface area contributed by atoms with Gasteiger partial charge in [0.25, 0.3) is 0 Å². The summed E-state index contributed by atoms with van der Waals surface area (Å²) in [5.74, 6) is 1.01. The van der Waals surface area contributed by atoms with Crippen molar-refractivity contribution in [3.8, 4) is 5.75 Å². The molecule has 0 aliphatic heterocycles. The molecule has 0 N–H and O–H groups in total. The molecule has 3 rings (SSSR count). The van der Waals surface area contributed by atoms with Gasteiger partial charge in [-0.05, 0) is 73.9 Å². The van der Waals surface area contributed by atoms with Gasteiger partial charge in [0.2, 0.25) is 0 Å². The summed E-state index contributed by atoms with van der Waals surface area (Å²) in [5.41, 5.74) is 6.88. The molecule has 0 fully saturated rings. The lowest BCUT2D eigenvalue weighted by atomic mass is 9.92. The maximum Gasteiger partial charge on any atom is 0.120 e. The third-order valence-electron chi connectivity index (χ3n) is 4.21. The summed E-state index contributed by atoms with van der Waals surface area (Å²) < 4.78 is 5.98. The van der Waals surface area contributed by atoms with Crippen LogP contribution >= 0.6 is 0 Å². The Kier molecular flexibility index (Phi) is 3.77. The van der Waals surface area contributed by atoms with E-state index in [4.69, 9.17) is 4.74 Å². The second-order valence-corrected chi connectivity index (χ2v) is 5.86. The zero-order valence-corrected chi connectivity index (χ0v) is 12.4. The minimum Gasteiger partial charge on any atom is -0.489 e. The predicted octanol–water partition coefficient (Wildman–Crippen LogP) is 4.76. The molecule has 2 aromatic carbocycles. The van der Waals surface area contributed by atoms with Gasteiger partial charge < -0.3 is 4.74 Å². The molecule has 0 unspecified atom stereocenters. The van der Waals surface area contributed by atoms with Gasteiger partial charge in [0.05, 0.1) is 0 Å². The minimum atomic E-state index is 0.658. The molecule has 0 aromatic heterocycles. The van der Waals surface area contributed by atoms with Gasteiger partial charge in [-0.15, -0.1) is 0 Å². The van der Waals surface area contributed by atoms with E-state index in [2.05, 4.69) is 50.2 Å². The van der Waals surface area contributed by atoms with Crippen molar-refractivity contribution in [3.05, 3.63) is 64.2 Å². The lowest BCUT2D eigenvalue weighted by Gasteiger charge is -2.17. The standard InChI is InChI=1S/C19H22O/c1-14-7-8-18(15(2)11-14)13-20-19-10-9-16-5-3-4-6-17(16)12-19/h7-12H,3-6,13H2,1-2H3. The summed E-state index contributed by atoms with van der Waals surface area (Å²) in [7, 11) is 0. The van der Waals surface area contributed by atoms with Crippen LogP contribution in [-0.4, -0.2) is 0 Å². The molecule has 1 aliphatic carbocycles. The van der Waals surface area contributed by atoms with E-state index in [0.717, 1.165) is 5.75 Å². The van der Waals surface area contributed by atoms with Crippen molar-refractivity contribution in [2.75, 3.05) is 0 Å². The van der Waals surface area contributed by atoms with Gasteiger partial charge in [0, 0.05) is 0 Å². The Bertz CT molecular complexity index is 613. The molecule has 20 heavy (non-hydrogen) atoms. The van der Waals surface area contributed by atoms with Crippen LogP contribution in [0.1, 0.15) is 40.7 Å². The third kappa shape index (κ3) is 2.87. The number of rotatable bonds is 3. The van der Waals surface area contributed by atoms with Crippen LogP contribution in [0.15, 0.2) is 36.4 Å². The monoisotopic (exact) mass is 266 g/mol. The number of hydrogen-bond donors (Lipinski definition) is 0. The van der Waals surface area contributed by atoms with Crippen LogP contribution in [0.4, 0.5) is 0 Å². The van der Waals surface area contributed by atoms with Gasteiger partial charge in [-0.1, -0.05) is 29.8 Å². The minimum absolute atomic E-state index is 0.658. The van der Waals surface area contributed by atoms with E-state index in [1.165, 1.54) is 53.5 Å².